The van der Waals surface area contributed by atoms with Crippen LogP contribution >= 0.6 is 0 Å². The Balaban J connectivity index is 1.42. The smallest absolute Gasteiger partial charge is 0.348 e. The van der Waals surface area contributed by atoms with Gasteiger partial charge in [-0.3, -0.25) is 14.2 Å². The SMILES string of the molecule is Cn1c(=O)n(N2C(=O)CCCC2=O)c2ccc(N3CCN(c4ccc(N)nc4)CC3)cc21. The Labute approximate surface area is 184 Å². The number of carbonyl (C=O) groups is 2. The van der Waals surface area contributed by atoms with Gasteiger partial charge in [-0.2, -0.15) is 9.69 Å². The van der Waals surface area contributed by atoms with Gasteiger partial charge in [0.15, 0.2) is 0 Å². The van der Waals surface area contributed by atoms with Crippen molar-refractivity contribution in [2.45, 2.75) is 19.3 Å². The number of imide groups is 1. The number of piperazine rings is 1. The number of benzene rings is 1. The summed E-state index contributed by atoms with van der Waals surface area (Å²) in [6.07, 6.45) is 2.84. The van der Waals surface area contributed by atoms with Crippen molar-refractivity contribution < 1.29 is 9.59 Å². The molecule has 2 saturated heterocycles. The lowest BCUT2D eigenvalue weighted by atomic mass is 10.1. The van der Waals surface area contributed by atoms with Crippen LogP contribution in [-0.2, 0) is 16.6 Å². The lowest BCUT2D eigenvalue weighted by Gasteiger charge is -2.37. The van der Waals surface area contributed by atoms with E-state index < -0.39 is 5.69 Å². The van der Waals surface area contributed by atoms with Gasteiger partial charge in [-0.25, -0.2) is 9.78 Å². The zero-order chi connectivity index (χ0) is 22.4. The summed E-state index contributed by atoms with van der Waals surface area (Å²) < 4.78 is 2.71. The Morgan fingerprint density at radius 1 is 0.844 bits per heavy atom. The molecule has 0 atom stereocenters. The number of anilines is 3. The van der Waals surface area contributed by atoms with Crippen molar-refractivity contribution >= 4 is 40.0 Å². The number of nitrogens with two attached hydrogens (primary N) is 1. The quantitative estimate of drug-likeness (QED) is 0.607. The first-order valence-corrected chi connectivity index (χ1v) is 10.7. The molecule has 0 saturated carbocycles. The van der Waals surface area contributed by atoms with E-state index in [2.05, 4.69) is 14.8 Å². The van der Waals surface area contributed by atoms with Gasteiger partial charge < -0.3 is 15.5 Å². The van der Waals surface area contributed by atoms with Gasteiger partial charge in [0.2, 0.25) is 11.8 Å². The summed E-state index contributed by atoms with van der Waals surface area (Å²) in [4.78, 5) is 46.4. The average molecular weight is 435 g/mol. The highest BCUT2D eigenvalue weighted by molar-refractivity contribution is 6.11. The van der Waals surface area contributed by atoms with E-state index in [4.69, 9.17) is 5.73 Å². The topological polar surface area (TPSA) is 110 Å². The number of imidazole rings is 1. The number of rotatable bonds is 3. The van der Waals surface area contributed by atoms with Crippen LogP contribution in [0.2, 0.25) is 0 Å². The molecular weight excluding hydrogens is 410 g/mol. The van der Waals surface area contributed by atoms with Crippen LogP contribution < -0.4 is 26.2 Å². The molecule has 1 aromatic carbocycles. The van der Waals surface area contributed by atoms with Gasteiger partial charge in [0.25, 0.3) is 0 Å². The van der Waals surface area contributed by atoms with Crippen LogP contribution in [0.4, 0.5) is 17.2 Å². The van der Waals surface area contributed by atoms with Crippen molar-refractivity contribution in [1.29, 1.82) is 0 Å². The minimum absolute atomic E-state index is 0.264. The molecule has 3 aromatic rings. The molecular formula is C22H25N7O3. The molecule has 0 aliphatic carbocycles. The van der Waals surface area contributed by atoms with E-state index in [1.54, 1.807) is 19.3 Å². The zero-order valence-electron chi connectivity index (χ0n) is 17.9. The van der Waals surface area contributed by atoms with Gasteiger partial charge in [0, 0.05) is 51.8 Å². The summed E-state index contributed by atoms with van der Waals surface area (Å²) in [6.45, 7) is 3.29. The number of fused-ring (bicyclic) bond motifs is 1. The number of nitrogen functional groups attached to an aromatic ring is 1. The van der Waals surface area contributed by atoms with Gasteiger partial charge in [-0.1, -0.05) is 0 Å². The van der Waals surface area contributed by atoms with Crippen LogP contribution in [0.1, 0.15) is 19.3 Å². The third-order valence-corrected chi connectivity index (χ3v) is 6.25. The van der Waals surface area contributed by atoms with Gasteiger partial charge in [0.05, 0.1) is 22.9 Å². The van der Waals surface area contributed by atoms with Crippen LogP contribution in [0, 0.1) is 0 Å². The number of hydrogen-bond donors (Lipinski definition) is 1. The normalized spacial score (nSPS) is 17.5. The largest absolute Gasteiger partial charge is 0.384 e. The first-order chi connectivity index (χ1) is 15.4. The molecule has 4 heterocycles. The van der Waals surface area contributed by atoms with E-state index in [-0.39, 0.29) is 24.7 Å². The molecule has 2 aliphatic rings. The van der Waals surface area contributed by atoms with Crippen molar-refractivity contribution in [3.63, 3.8) is 0 Å². The molecule has 10 heteroatoms. The molecule has 5 rings (SSSR count). The fourth-order valence-electron chi connectivity index (χ4n) is 4.47. The number of piperidine rings is 1. The molecule has 2 amide bonds. The first-order valence-electron chi connectivity index (χ1n) is 10.7. The number of amides is 2. The van der Waals surface area contributed by atoms with Crippen molar-refractivity contribution in [3.8, 4) is 0 Å². The van der Waals surface area contributed by atoms with E-state index in [9.17, 15) is 14.4 Å². The van der Waals surface area contributed by atoms with E-state index in [0.29, 0.717) is 23.3 Å². The Hall–Kier alpha value is -3.82. The second-order valence-electron chi connectivity index (χ2n) is 8.19. The lowest BCUT2D eigenvalue weighted by Crippen LogP contribution is -2.52. The van der Waals surface area contributed by atoms with Crippen LogP contribution in [-0.4, -0.2) is 52.2 Å². The molecule has 2 fully saturated rings. The third kappa shape index (κ3) is 3.28. The second kappa shape index (κ2) is 7.70. The maximum Gasteiger partial charge on any atom is 0.348 e. The summed E-state index contributed by atoms with van der Waals surface area (Å²) in [5.41, 5.74) is 8.56. The number of carbonyl (C=O) groups excluding carboxylic acids is 2. The summed E-state index contributed by atoms with van der Waals surface area (Å²) >= 11 is 0. The van der Waals surface area contributed by atoms with Crippen LogP contribution in [0.15, 0.2) is 41.3 Å². The maximum absolute atomic E-state index is 12.9. The Kier molecular flexibility index (Phi) is 4.84. The summed E-state index contributed by atoms with van der Waals surface area (Å²) in [5, 5.41) is 1.01. The minimum Gasteiger partial charge on any atom is -0.384 e. The fraction of sp³-hybridized carbons (Fsp3) is 0.364. The summed E-state index contributed by atoms with van der Waals surface area (Å²) in [5.74, 6) is -0.174. The average Bonchev–Trinajstić information content (AvgIpc) is 3.04. The molecule has 2 aromatic heterocycles. The number of aryl methyl sites for hydroxylation is 1. The van der Waals surface area contributed by atoms with E-state index >= 15 is 0 Å². The van der Waals surface area contributed by atoms with Gasteiger partial charge in [0.1, 0.15) is 5.82 Å². The lowest BCUT2D eigenvalue weighted by molar-refractivity contribution is -0.131. The Morgan fingerprint density at radius 2 is 1.47 bits per heavy atom. The van der Waals surface area contributed by atoms with E-state index in [0.717, 1.165) is 42.6 Å². The molecule has 32 heavy (non-hydrogen) atoms. The maximum atomic E-state index is 12.9. The predicted molar refractivity (Wildman–Crippen MR) is 122 cm³/mol. The first kappa shape index (κ1) is 20.1. The highest BCUT2D eigenvalue weighted by Crippen LogP contribution is 2.25. The van der Waals surface area contributed by atoms with Crippen LogP contribution in [0.3, 0.4) is 0 Å². The minimum atomic E-state index is -0.401. The number of aromatic nitrogens is 3. The van der Waals surface area contributed by atoms with Crippen molar-refractivity contribution in [1.82, 2.24) is 14.2 Å². The Morgan fingerprint density at radius 3 is 2.09 bits per heavy atom. The van der Waals surface area contributed by atoms with Crippen LogP contribution in [0.25, 0.3) is 11.0 Å². The molecule has 2 N–H and O–H groups in total. The highest BCUT2D eigenvalue weighted by atomic mass is 16.2. The third-order valence-electron chi connectivity index (χ3n) is 6.25. The summed E-state index contributed by atoms with van der Waals surface area (Å²) in [6, 6.07) is 9.49. The number of nitrogens with zero attached hydrogens (tertiary/aromatic N) is 6. The number of hydrogen-bond acceptors (Lipinski definition) is 7. The molecule has 166 valence electrons. The van der Waals surface area contributed by atoms with Gasteiger partial charge in [-0.15, -0.1) is 0 Å². The molecule has 0 spiro atoms. The zero-order valence-corrected chi connectivity index (χ0v) is 17.9. The monoisotopic (exact) mass is 435 g/mol. The number of pyridine rings is 1. The van der Waals surface area contributed by atoms with Crippen molar-refractivity contribution in [2.75, 3.05) is 46.7 Å². The highest BCUT2D eigenvalue weighted by Gasteiger charge is 2.31. The molecule has 0 radical (unpaired) electrons. The standard InChI is InChI=1S/C22H25N7O3/c1-25-18-13-15(26-9-11-27(12-10-26)16-6-8-19(23)24-14-16)5-7-17(18)28(22(25)32)29-20(30)3-2-4-21(29)31/h5-8,13-14H,2-4,9-12H2,1H3,(H2,23,24). The predicted octanol–water partition coefficient (Wildman–Crippen LogP) is 0.819. The van der Waals surface area contributed by atoms with E-state index in [1.807, 2.05) is 24.3 Å². The van der Waals surface area contributed by atoms with Crippen molar-refractivity contribution in [2.24, 2.45) is 7.05 Å². The van der Waals surface area contributed by atoms with E-state index in [1.165, 1.54) is 9.24 Å². The second-order valence-corrected chi connectivity index (χ2v) is 8.19. The summed E-state index contributed by atoms with van der Waals surface area (Å²) in [7, 11) is 1.66. The van der Waals surface area contributed by atoms with Gasteiger partial charge >= 0.3 is 5.69 Å². The van der Waals surface area contributed by atoms with Crippen LogP contribution in [0.5, 0.6) is 0 Å². The van der Waals surface area contributed by atoms with Crippen molar-refractivity contribution in [3.05, 3.63) is 47.0 Å². The molecule has 10 nitrogen and oxygen atoms in total. The molecule has 0 bridgehead atoms. The van der Waals surface area contributed by atoms with Gasteiger partial charge in [-0.05, 0) is 36.8 Å². The Bertz CT molecular complexity index is 1240. The molecule has 2 aliphatic heterocycles. The fourth-order valence-corrected chi connectivity index (χ4v) is 4.47. The molecule has 0 unspecified atom stereocenters.